The molecule has 1 amide bonds. The molecule has 0 radical (unpaired) electrons. The van der Waals surface area contributed by atoms with E-state index in [-0.39, 0.29) is 16.8 Å². The summed E-state index contributed by atoms with van der Waals surface area (Å²) in [5.41, 5.74) is 0.357. The Labute approximate surface area is 154 Å². The number of hydrogen-bond acceptors (Lipinski definition) is 4. The molecule has 3 rings (SSSR count). The lowest BCUT2D eigenvalue weighted by atomic mass is 10.1. The van der Waals surface area contributed by atoms with E-state index in [1.165, 1.54) is 10.4 Å². The molecular formula is C19H24N2O4S. The highest BCUT2D eigenvalue weighted by Crippen LogP contribution is 2.21. The topological polar surface area (TPSA) is 79.6 Å². The molecular weight excluding hydrogens is 352 g/mol. The summed E-state index contributed by atoms with van der Waals surface area (Å²) in [4.78, 5) is 12.7. The molecule has 1 aromatic heterocycles. The normalized spacial score (nSPS) is 16.5. The highest BCUT2D eigenvalue weighted by Gasteiger charge is 2.27. The molecule has 26 heavy (non-hydrogen) atoms. The average Bonchev–Trinajstić information content (AvgIpc) is 3.34. The molecule has 1 atom stereocenters. The SMILES string of the molecule is CC(CCc1ccco1)NC(=O)c1cccc(S(=O)(=O)N2CCCC2)c1. The summed E-state index contributed by atoms with van der Waals surface area (Å²) < 4.78 is 32.1. The summed E-state index contributed by atoms with van der Waals surface area (Å²) in [6.45, 7) is 3.01. The van der Waals surface area contributed by atoms with Gasteiger partial charge in [-0.05, 0) is 56.5 Å². The summed E-state index contributed by atoms with van der Waals surface area (Å²) in [7, 11) is -3.52. The molecule has 1 aromatic carbocycles. The van der Waals surface area contributed by atoms with Crippen molar-refractivity contribution in [1.29, 1.82) is 0 Å². The third kappa shape index (κ3) is 4.34. The van der Waals surface area contributed by atoms with E-state index in [9.17, 15) is 13.2 Å². The molecule has 140 valence electrons. The molecule has 1 saturated heterocycles. The first kappa shape index (κ1) is 18.7. The van der Waals surface area contributed by atoms with Crippen molar-refractivity contribution >= 4 is 15.9 Å². The molecule has 1 N–H and O–H groups in total. The molecule has 7 heteroatoms. The fraction of sp³-hybridized carbons (Fsp3) is 0.421. The Morgan fingerprint density at radius 3 is 2.69 bits per heavy atom. The smallest absolute Gasteiger partial charge is 0.251 e. The van der Waals surface area contributed by atoms with E-state index in [0.29, 0.717) is 18.7 Å². The molecule has 0 spiro atoms. The zero-order valence-electron chi connectivity index (χ0n) is 14.8. The predicted molar refractivity (Wildman–Crippen MR) is 98.4 cm³/mol. The second-order valence-corrected chi connectivity index (χ2v) is 8.57. The van der Waals surface area contributed by atoms with Crippen LogP contribution in [0.25, 0.3) is 0 Å². The van der Waals surface area contributed by atoms with Crippen molar-refractivity contribution in [2.75, 3.05) is 13.1 Å². The predicted octanol–water partition coefficient (Wildman–Crippen LogP) is 2.82. The number of rotatable bonds is 7. The number of amides is 1. The second kappa shape index (κ2) is 8.05. The zero-order valence-corrected chi connectivity index (χ0v) is 15.7. The van der Waals surface area contributed by atoms with Gasteiger partial charge < -0.3 is 9.73 Å². The van der Waals surface area contributed by atoms with Crippen LogP contribution in [0.15, 0.2) is 52.0 Å². The van der Waals surface area contributed by atoms with Crippen molar-refractivity contribution < 1.29 is 17.6 Å². The van der Waals surface area contributed by atoms with Crippen LogP contribution in [-0.2, 0) is 16.4 Å². The number of nitrogens with zero attached hydrogens (tertiary/aromatic N) is 1. The van der Waals surface area contributed by atoms with Gasteiger partial charge in [0, 0.05) is 31.1 Å². The van der Waals surface area contributed by atoms with Crippen LogP contribution in [0.3, 0.4) is 0 Å². The Morgan fingerprint density at radius 2 is 2.00 bits per heavy atom. The molecule has 1 fully saturated rings. The van der Waals surface area contributed by atoms with Crippen molar-refractivity contribution in [2.24, 2.45) is 0 Å². The molecule has 1 aliphatic heterocycles. The van der Waals surface area contributed by atoms with Crippen LogP contribution in [0, 0.1) is 0 Å². The minimum absolute atomic E-state index is 0.0496. The Balaban J connectivity index is 1.64. The number of furan rings is 1. The van der Waals surface area contributed by atoms with Gasteiger partial charge in [0.2, 0.25) is 10.0 Å². The quantitative estimate of drug-likeness (QED) is 0.806. The molecule has 0 aliphatic carbocycles. The summed E-state index contributed by atoms with van der Waals surface area (Å²) in [6.07, 6.45) is 4.87. The van der Waals surface area contributed by atoms with E-state index in [4.69, 9.17) is 4.42 Å². The maximum atomic E-state index is 12.6. The number of nitrogens with one attached hydrogen (secondary N) is 1. The van der Waals surface area contributed by atoms with Gasteiger partial charge in [0.15, 0.2) is 0 Å². The number of carbonyl (C=O) groups is 1. The van der Waals surface area contributed by atoms with Crippen LogP contribution in [0.2, 0.25) is 0 Å². The summed E-state index contributed by atoms with van der Waals surface area (Å²) in [5.74, 6) is 0.611. The highest BCUT2D eigenvalue weighted by atomic mass is 32.2. The van der Waals surface area contributed by atoms with E-state index >= 15 is 0 Å². The van der Waals surface area contributed by atoms with Gasteiger partial charge >= 0.3 is 0 Å². The molecule has 0 bridgehead atoms. The third-order valence-electron chi connectivity index (χ3n) is 4.58. The van der Waals surface area contributed by atoms with Crippen molar-refractivity contribution in [3.8, 4) is 0 Å². The molecule has 1 unspecified atom stereocenters. The van der Waals surface area contributed by atoms with E-state index in [1.54, 1.807) is 24.5 Å². The fourth-order valence-corrected chi connectivity index (χ4v) is 4.63. The number of aryl methyl sites for hydroxylation is 1. The first-order valence-electron chi connectivity index (χ1n) is 8.90. The van der Waals surface area contributed by atoms with Gasteiger partial charge in [0.1, 0.15) is 5.76 Å². The number of hydrogen-bond donors (Lipinski definition) is 1. The van der Waals surface area contributed by atoms with Crippen LogP contribution in [0.5, 0.6) is 0 Å². The highest BCUT2D eigenvalue weighted by molar-refractivity contribution is 7.89. The third-order valence-corrected chi connectivity index (χ3v) is 6.48. The molecule has 1 aliphatic rings. The van der Waals surface area contributed by atoms with Crippen molar-refractivity contribution in [3.05, 3.63) is 54.0 Å². The largest absolute Gasteiger partial charge is 0.469 e. The van der Waals surface area contributed by atoms with Gasteiger partial charge in [0.25, 0.3) is 5.91 Å². The van der Waals surface area contributed by atoms with Crippen LogP contribution >= 0.6 is 0 Å². The second-order valence-electron chi connectivity index (χ2n) is 6.63. The summed E-state index contributed by atoms with van der Waals surface area (Å²) in [6, 6.07) is 9.95. The van der Waals surface area contributed by atoms with Gasteiger partial charge in [-0.3, -0.25) is 4.79 Å². The lowest BCUT2D eigenvalue weighted by molar-refractivity contribution is 0.0938. The summed E-state index contributed by atoms with van der Waals surface area (Å²) >= 11 is 0. The Kier molecular flexibility index (Phi) is 5.78. The van der Waals surface area contributed by atoms with Gasteiger partial charge in [0.05, 0.1) is 11.2 Å². The summed E-state index contributed by atoms with van der Waals surface area (Å²) in [5, 5.41) is 2.92. The van der Waals surface area contributed by atoms with Crippen LogP contribution in [0.4, 0.5) is 0 Å². The monoisotopic (exact) mass is 376 g/mol. The van der Waals surface area contributed by atoms with Crippen LogP contribution in [0.1, 0.15) is 42.3 Å². The standard InChI is InChI=1S/C19H24N2O4S/c1-15(9-10-17-7-5-13-25-17)20-19(22)16-6-4-8-18(14-16)26(23,24)21-11-2-3-12-21/h4-8,13-15H,2-3,9-12H2,1H3,(H,20,22). The maximum Gasteiger partial charge on any atom is 0.251 e. The Morgan fingerprint density at radius 1 is 1.23 bits per heavy atom. The Bertz CT molecular complexity index is 840. The van der Waals surface area contributed by atoms with Gasteiger partial charge in [-0.25, -0.2) is 8.42 Å². The average molecular weight is 376 g/mol. The lowest BCUT2D eigenvalue weighted by Crippen LogP contribution is -2.33. The molecule has 2 aromatic rings. The van der Waals surface area contributed by atoms with Crippen molar-refractivity contribution in [3.63, 3.8) is 0 Å². The van der Waals surface area contributed by atoms with Gasteiger partial charge in [-0.2, -0.15) is 4.31 Å². The van der Waals surface area contributed by atoms with E-state index in [0.717, 1.165) is 31.4 Å². The lowest BCUT2D eigenvalue weighted by Gasteiger charge is -2.17. The van der Waals surface area contributed by atoms with E-state index < -0.39 is 10.0 Å². The number of carbonyl (C=O) groups excluding carboxylic acids is 1. The fourth-order valence-electron chi connectivity index (χ4n) is 3.07. The maximum absolute atomic E-state index is 12.6. The minimum atomic E-state index is -3.52. The number of sulfonamides is 1. The first-order chi connectivity index (χ1) is 12.5. The van der Waals surface area contributed by atoms with Gasteiger partial charge in [-0.1, -0.05) is 6.07 Å². The Hall–Kier alpha value is -2.12. The molecule has 6 nitrogen and oxygen atoms in total. The first-order valence-corrected chi connectivity index (χ1v) is 10.3. The minimum Gasteiger partial charge on any atom is -0.469 e. The van der Waals surface area contributed by atoms with E-state index in [2.05, 4.69) is 5.32 Å². The van der Waals surface area contributed by atoms with Crippen molar-refractivity contribution in [1.82, 2.24) is 9.62 Å². The van der Waals surface area contributed by atoms with Crippen LogP contribution in [-0.4, -0.2) is 37.8 Å². The van der Waals surface area contributed by atoms with E-state index in [1.807, 2.05) is 19.1 Å². The zero-order chi connectivity index (χ0) is 18.6. The molecule has 0 saturated carbocycles. The van der Waals surface area contributed by atoms with Crippen LogP contribution < -0.4 is 5.32 Å². The van der Waals surface area contributed by atoms with Crippen molar-refractivity contribution in [2.45, 2.75) is 43.5 Å². The number of benzene rings is 1. The van der Waals surface area contributed by atoms with Gasteiger partial charge in [-0.15, -0.1) is 0 Å². The molecule has 2 heterocycles.